The average molecular weight is 768 g/mol. The second-order valence-corrected chi connectivity index (χ2v) is 19.0. The van der Waals surface area contributed by atoms with Gasteiger partial charge in [-0.3, -0.25) is 19.1 Å². The molecular formula is C39H53N5O9S. The maximum absolute atomic E-state index is 14.7. The van der Waals surface area contributed by atoms with E-state index in [0.717, 1.165) is 11.8 Å². The minimum atomic E-state index is -4.00. The first-order chi connectivity index (χ1) is 25.4. The van der Waals surface area contributed by atoms with Crippen LogP contribution in [0.2, 0.25) is 0 Å². The number of aromatic nitrogens is 1. The van der Waals surface area contributed by atoms with Crippen molar-refractivity contribution in [3.05, 3.63) is 42.6 Å². The first-order valence-corrected chi connectivity index (χ1v) is 20.3. The Morgan fingerprint density at radius 2 is 1.81 bits per heavy atom. The number of hydrogen-bond acceptors (Lipinski definition) is 10. The summed E-state index contributed by atoms with van der Waals surface area (Å²) < 4.78 is 45.1. The fraction of sp³-hybridized carbons (Fsp3) is 0.615. The predicted octanol–water partition coefficient (Wildman–Crippen LogP) is 4.37. The molecule has 2 aliphatic carbocycles. The number of carbonyl (C=O) groups excluding carboxylic acids is 4. The number of methoxy groups -OCH3 is 1. The summed E-state index contributed by atoms with van der Waals surface area (Å²) >= 11 is 0. The van der Waals surface area contributed by atoms with Gasteiger partial charge in [0.15, 0.2) is 0 Å². The van der Waals surface area contributed by atoms with Gasteiger partial charge in [0.25, 0.3) is 5.91 Å². The molecule has 7 atom stereocenters. The molecular weight excluding hydrogens is 715 g/mol. The molecule has 14 nitrogen and oxygen atoms in total. The third-order valence-electron chi connectivity index (χ3n) is 11.1. The Hall–Kier alpha value is -4.40. The Morgan fingerprint density at radius 1 is 1.07 bits per heavy atom. The lowest BCUT2D eigenvalue weighted by Crippen LogP contribution is -2.59. The fourth-order valence-electron chi connectivity index (χ4n) is 7.61. The molecule has 3 heterocycles. The number of rotatable bonds is 7. The number of amides is 4. The third kappa shape index (κ3) is 8.15. The molecule has 0 radical (unpaired) electrons. The number of pyridine rings is 1. The van der Waals surface area contributed by atoms with Gasteiger partial charge < -0.3 is 29.7 Å². The van der Waals surface area contributed by atoms with Crippen LogP contribution in [0.25, 0.3) is 10.8 Å². The Labute approximate surface area is 317 Å². The van der Waals surface area contributed by atoms with E-state index in [0.29, 0.717) is 42.7 Å². The molecule has 0 spiro atoms. The van der Waals surface area contributed by atoms with Crippen LogP contribution in [-0.4, -0.2) is 89.8 Å². The van der Waals surface area contributed by atoms with Gasteiger partial charge in [-0.1, -0.05) is 32.1 Å². The van der Waals surface area contributed by atoms with Crippen LogP contribution < -0.4 is 24.8 Å². The zero-order valence-electron chi connectivity index (χ0n) is 32.1. The van der Waals surface area contributed by atoms with Crippen LogP contribution in [0.4, 0.5) is 4.79 Å². The second kappa shape index (κ2) is 14.7. The minimum absolute atomic E-state index is 0.0248. The summed E-state index contributed by atoms with van der Waals surface area (Å²) in [4.78, 5) is 62.2. The lowest BCUT2D eigenvalue weighted by Gasteiger charge is -2.33. The maximum Gasteiger partial charge on any atom is 0.408 e. The number of nitrogens with zero attached hydrogens (tertiary/aromatic N) is 2. The Morgan fingerprint density at radius 3 is 2.50 bits per heavy atom. The highest BCUT2D eigenvalue weighted by atomic mass is 32.2. The fourth-order valence-corrected chi connectivity index (χ4v) is 8.92. The van der Waals surface area contributed by atoms with Gasteiger partial charge in [-0.05, 0) is 96.3 Å². The van der Waals surface area contributed by atoms with Gasteiger partial charge in [-0.2, -0.15) is 0 Å². The molecule has 294 valence electrons. The highest BCUT2D eigenvalue weighted by Crippen LogP contribution is 2.47. The van der Waals surface area contributed by atoms with Gasteiger partial charge in [0, 0.05) is 29.3 Å². The Bertz CT molecular complexity index is 1940. The number of hydrogen-bond donors (Lipinski definition) is 3. The smallest absolute Gasteiger partial charge is 0.408 e. The van der Waals surface area contributed by atoms with E-state index in [1.54, 1.807) is 47.1 Å². The summed E-state index contributed by atoms with van der Waals surface area (Å²) in [6.07, 6.45) is 7.11. The highest BCUT2D eigenvalue weighted by Gasteiger charge is 2.63. The first kappa shape index (κ1) is 39.3. The van der Waals surface area contributed by atoms with Gasteiger partial charge in [0.05, 0.1) is 18.4 Å². The van der Waals surface area contributed by atoms with Crippen molar-refractivity contribution in [2.75, 3.05) is 13.7 Å². The van der Waals surface area contributed by atoms with Crippen LogP contribution in [-0.2, 0) is 29.1 Å². The predicted molar refractivity (Wildman–Crippen MR) is 201 cm³/mol. The van der Waals surface area contributed by atoms with Crippen molar-refractivity contribution in [3.8, 4) is 11.6 Å². The summed E-state index contributed by atoms with van der Waals surface area (Å²) in [5.41, 5.74) is -2.35. The average Bonchev–Trinajstić information content (AvgIpc) is 3.97. The van der Waals surface area contributed by atoms with Crippen LogP contribution in [0.15, 0.2) is 42.6 Å². The molecule has 4 aliphatic rings. The third-order valence-corrected chi connectivity index (χ3v) is 13.3. The largest absolute Gasteiger partial charge is 0.496 e. The number of nitrogens with one attached hydrogen (secondary N) is 3. The summed E-state index contributed by atoms with van der Waals surface area (Å²) in [7, 11) is -2.43. The number of ether oxygens (including phenoxy) is 3. The number of alkyl carbamates (subject to hydrolysis) is 1. The Kier molecular flexibility index (Phi) is 10.7. The topological polar surface area (TPSA) is 182 Å². The summed E-state index contributed by atoms with van der Waals surface area (Å²) in [5, 5.41) is 7.16. The van der Waals surface area contributed by atoms with E-state index in [-0.39, 0.29) is 31.2 Å². The van der Waals surface area contributed by atoms with Crippen molar-refractivity contribution in [2.24, 2.45) is 17.8 Å². The van der Waals surface area contributed by atoms with E-state index < -0.39 is 73.8 Å². The number of benzene rings is 1. The van der Waals surface area contributed by atoms with Crippen molar-refractivity contribution in [2.45, 2.75) is 121 Å². The van der Waals surface area contributed by atoms with E-state index >= 15 is 0 Å². The van der Waals surface area contributed by atoms with Crippen LogP contribution in [0.3, 0.4) is 0 Å². The number of fused-ring (bicyclic) bond motifs is 3. The molecule has 15 heteroatoms. The van der Waals surface area contributed by atoms with Gasteiger partial charge in [0.2, 0.25) is 27.7 Å². The summed E-state index contributed by atoms with van der Waals surface area (Å²) in [6, 6.07) is 5.11. The van der Waals surface area contributed by atoms with E-state index in [4.69, 9.17) is 14.2 Å². The van der Waals surface area contributed by atoms with Gasteiger partial charge >= 0.3 is 6.09 Å². The van der Waals surface area contributed by atoms with Crippen LogP contribution in [0, 0.1) is 17.8 Å². The molecule has 6 rings (SSSR count). The van der Waals surface area contributed by atoms with Gasteiger partial charge in [0.1, 0.15) is 35.1 Å². The SMILES string of the molecule is COc1cccc2c(OC3CC4C(=O)NC5(C(=O)NS(=O)(=O)C6(C)CC6)CC5C=CCCC(C)CC(C)C(NC(=O)OC(C)(C)C)C(=O)N4C3)nccc12. The van der Waals surface area contributed by atoms with Gasteiger partial charge in [-0.25, -0.2) is 18.2 Å². The van der Waals surface area contributed by atoms with Crippen molar-refractivity contribution < 1.29 is 41.8 Å². The van der Waals surface area contributed by atoms with E-state index in [2.05, 4.69) is 27.3 Å². The highest BCUT2D eigenvalue weighted by molar-refractivity contribution is 7.91. The number of sulfonamides is 1. The monoisotopic (exact) mass is 767 g/mol. The molecule has 54 heavy (non-hydrogen) atoms. The normalized spacial score (nSPS) is 29.8. The number of allylic oxidation sites excluding steroid dienone is 1. The number of carbonyl (C=O) groups is 4. The molecule has 2 saturated carbocycles. The quantitative estimate of drug-likeness (QED) is 0.342. The van der Waals surface area contributed by atoms with Crippen LogP contribution in [0.5, 0.6) is 11.6 Å². The lowest BCUT2D eigenvalue weighted by atomic mass is 9.88. The molecule has 4 amide bonds. The first-order valence-electron chi connectivity index (χ1n) is 18.8. The molecule has 2 aromatic rings. The van der Waals surface area contributed by atoms with E-state index in [1.165, 1.54) is 4.90 Å². The molecule has 2 aliphatic heterocycles. The Balaban J connectivity index is 1.35. The molecule has 1 aromatic carbocycles. The summed E-state index contributed by atoms with van der Waals surface area (Å²) in [5.74, 6) is -1.64. The molecule has 7 unspecified atom stereocenters. The molecule has 3 fully saturated rings. The lowest BCUT2D eigenvalue weighted by molar-refractivity contribution is -0.142. The molecule has 3 N–H and O–H groups in total. The van der Waals surface area contributed by atoms with Gasteiger partial charge in [-0.15, -0.1) is 0 Å². The zero-order chi connectivity index (χ0) is 39.2. The second-order valence-electron chi connectivity index (χ2n) is 16.8. The molecule has 1 saturated heterocycles. The van der Waals surface area contributed by atoms with E-state index in [1.807, 2.05) is 37.3 Å². The van der Waals surface area contributed by atoms with Crippen molar-refractivity contribution in [3.63, 3.8) is 0 Å². The standard InChI is InChI=1S/C39H53N5O9S/c1-23-11-8-9-12-25-21-39(25,35(47)43-54(49,50)38(6)16-17-38)42-32(45)29-20-26(52-33-28-13-10-14-30(51-7)27(28)15-18-40-33)22-44(29)34(46)31(24(2)19-23)41-36(48)53-37(3,4)5/h9-10,12-15,18,23-26,29,31H,8,11,16-17,19-22H2,1-7H3,(H,41,48)(H,42,45)(H,43,47). The van der Waals surface area contributed by atoms with Crippen LogP contribution >= 0.6 is 0 Å². The van der Waals surface area contributed by atoms with Crippen molar-refractivity contribution in [1.82, 2.24) is 25.2 Å². The van der Waals surface area contributed by atoms with Crippen molar-refractivity contribution in [1.29, 1.82) is 0 Å². The molecule has 0 bridgehead atoms. The van der Waals surface area contributed by atoms with Crippen LogP contribution in [0.1, 0.15) is 86.5 Å². The maximum atomic E-state index is 14.7. The summed E-state index contributed by atoms with van der Waals surface area (Å²) in [6.45, 7) is 10.7. The van der Waals surface area contributed by atoms with Crippen molar-refractivity contribution >= 4 is 44.6 Å². The molecule has 1 aromatic heterocycles. The minimum Gasteiger partial charge on any atom is -0.496 e. The van der Waals surface area contributed by atoms with E-state index in [9.17, 15) is 27.6 Å². The zero-order valence-corrected chi connectivity index (χ0v) is 33.0.